The number of carbonyl (C=O) groups is 1. The monoisotopic (exact) mass is 532 g/mol. The van der Waals surface area contributed by atoms with Crippen molar-refractivity contribution < 1.29 is 9.90 Å². The van der Waals surface area contributed by atoms with Crippen LogP contribution in [0.1, 0.15) is 71.1 Å². The second-order valence-corrected chi connectivity index (χ2v) is 4.99. The number of rotatable bonds is 13. The lowest BCUT2D eigenvalue weighted by Gasteiger charge is -1.98. The predicted molar refractivity (Wildman–Crippen MR) is 115 cm³/mol. The zero-order chi connectivity index (χ0) is 16.9. The minimum absolute atomic E-state index is 0.319. The van der Waals surface area contributed by atoms with Crippen molar-refractivity contribution in [1.82, 2.24) is 0 Å². The zero-order valence-electron chi connectivity index (χ0n) is 13.6. The lowest BCUT2D eigenvalue weighted by atomic mass is 10.1. The average Bonchev–Trinajstić information content (AvgIpc) is 2.53. The summed E-state index contributed by atoms with van der Waals surface area (Å²) in [4.78, 5) is 10.3. The molecular formula is C18H30I2O2. The molecule has 0 unspecified atom stereocenters. The van der Waals surface area contributed by atoms with Crippen molar-refractivity contribution in [2.45, 2.75) is 71.1 Å². The van der Waals surface area contributed by atoms with Gasteiger partial charge in [-0.1, -0.05) is 62.6 Å². The molecule has 0 rings (SSSR count). The van der Waals surface area contributed by atoms with Crippen LogP contribution in [0.25, 0.3) is 0 Å². The molecular weight excluding hydrogens is 502 g/mol. The van der Waals surface area contributed by atoms with Gasteiger partial charge in [0, 0.05) is 43.7 Å². The molecule has 2 nitrogen and oxygen atoms in total. The van der Waals surface area contributed by atoms with Crippen LogP contribution in [-0.4, -0.2) is 11.1 Å². The summed E-state index contributed by atoms with van der Waals surface area (Å²) in [7, 11) is 0. The second kappa shape index (κ2) is 23.4. The number of halogens is 2. The average molecular weight is 532 g/mol. The molecule has 0 aliphatic heterocycles. The highest BCUT2D eigenvalue weighted by Crippen LogP contribution is 2.07. The number of allylic oxidation sites excluding steroid dienone is 6. The standard InChI is InChI=1S/C18H30O2.I2/c1-2-3-4-5-6-7-8-9-10-11-12-13-14-15-16-17-18(19)20;1-2/h3-4,6-7,9-10H,2,5,8,11-17H2,1H3,(H,19,20);/b4-3-,7-6-,10-9-;. The molecule has 0 bridgehead atoms. The molecule has 0 radical (unpaired) electrons. The number of aliphatic carboxylic acids is 1. The van der Waals surface area contributed by atoms with Crippen LogP contribution in [0.15, 0.2) is 36.5 Å². The summed E-state index contributed by atoms with van der Waals surface area (Å²) in [6.07, 6.45) is 23.4. The molecule has 1 N–H and O–H groups in total. The maximum atomic E-state index is 10.3. The van der Waals surface area contributed by atoms with E-state index in [0.29, 0.717) is 6.42 Å². The van der Waals surface area contributed by atoms with Gasteiger partial charge >= 0.3 is 5.97 Å². The molecule has 0 aliphatic carbocycles. The van der Waals surface area contributed by atoms with E-state index in [9.17, 15) is 4.79 Å². The molecule has 0 fully saturated rings. The summed E-state index contributed by atoms with van der Waals surface area (Å²) in [5, 5.41) is 8.50. The van der Waals surface area contributed by atoms with E-state index in [1.807, 2.05) is 0 Å². The lowest BCUT2D eigenvalue weighted by Crippen LogP contribution is -1.93. The molecule has 4 heteroatoms. The fourth-order valence-electron chi connectivity index (χ4n) is 1.90. The molecule has 0 aromatic carbocycles. The molecule has 0 aromatic rings. The molecule has 0 aromatic heterocycles. The first-order chi connectivity index (χ1) is 10.8. The Morgan fingerprint density at radius 2 is 1.32 bits per heavy atom. The Balaban J connectivity index is 0. The lowest BCUT2D eigenvalue weighted by molar-refractivity contribution is -0.137. The van der Waals surface area contributed by atoms with Crippen LogP contribution >= 0.6 is 37.2 Å². The largest absolute Gasteiger partial charge is 0.481 e. The van der Waals surface area contributed by atoms with E-state index in [0.717, 1.165) is 44.9 Å². The van der Waals surface area contributed by atoms with Gasteiger partial charge in [0.2, 0.25) is 0 Å². The van der Waals surface area contributed by atoms with Gasteiger partial charge in [-0.3, -0.25) is 4.79 Å². The topological polar surface area (TPSA) is 37.3 Å². The molecule has 22 heavy (non-hydrogen) atoms. The highest BCUT2D eigenvalue weighted by atomic mass is 128. The number of carboxylic acid groups (broad SMARTS) is 1. The highest BCUT2D eigenvalue weighted by molar-refractivity contribution is 15.0. The summed E-state index contributed by atoms with van der Waals surface area (Å²) < 4.78 is 0. The van der Waals surface area contributed by atoms with Crippen molar-refractivity contribution >= 4 is 43.2 Å². The molecule has 0 saturated heterocycles. The van der Waals surface area contributed by atoms with Crippen LogP contribution < -0.4 is 0 Å². The van der Waals surface area contributed by atoms with Crippen molar-refractivity contribution in [3.63, 3.8) is 0 Å². The highest BCUT2D eigenvalue weighted by Gasteiger charge is 1.95. The van der Waals surface area contributed by atoms with Gasteiger partial charge in [-0.2, -0.15) is 0 Å². The number of hydrogen-bond donors (Lipinski definition) is 1. The van der Waals surface area contributed by atoms with Crippen molar-refractivity contribution in [2.75, 3.05) is 0 Å². The van der Waals surface area contributed by atoms with E-state index in [1.165, 1.54) is 12.8 Å². The Morgan fingerprint density at radius 1 is 0.818 bits per heavy atom. The van der Waals surface area contributed by atoms with Gasteiger partial charge in [0.1, 0.15) is 0 Å². The Labute approximate surface area is 159 Å². The Morgan fingerprint density at radius 3 is 1.91 bits per heavy atom. The second-order valence-electron chi connectivity index (χ2n) is 4.99. The first-order valence-electron chi connectivity index (χ1n) is 8.08. The van der Waals surface area contributed by atoms with E-state index >= 15 is 0 Å². The first-order valence-corrected chi connectivity index (χ1v) is 14.4. The summed E-state index contributed by atoms with van der Waals surface area (Å²) >= 11 is 4.24. The van der Waals surface area contributed by atoms with Gasteiger partial charge in [0.05, 0.1) is 0 Å². The zero-order valence-corrected chi connectivity index (χ0v) is 18.0. The summed E-state index contributed by atoms with van der Waals surface area (Å²) in [5.41, 5.74) is 0. The van der Waals surface area contributed by atoms with Crippen molar-refractivity contribution in [1.29, 1.82) is 0 Å². The Bertz CT molecular complexity index is 310. The maximum absolute atomic E-state index is 10.3. The molecule has 128 valence electrons. The van der Waals surface area contributed by atoms with Crippen LogP contribution in [0, 0.1) is 0 Å². The third kappa shape index (κ3) is 25.1. The van der Waals surface area contributed by atoms with E-state index in [2.05, 4.69) is 80.6 Å². The van der Waals surface area contributed by atoms with Gasteiger partial charge in [-0.05, 0) is 38.5 Å². The van der Waals surface area contributed by atoms with Crippen LogP contribution in [0.5, 0.6) is 0 Å². The van der Waals surface area contributed by atoms with Crippen molar-refractivity contribution in [3.05, 3.63) is 36.5 Å². The number of hydrogen-bond acceptors (Lipinski definition) is 1. The quantitative estimate of drug-likeness (QED) is 0.152. The summed E-state index contributed by atoms with van der Waals surface area (Å²) in [6, 6.07) is 0. The molecule has 0 heterocycles. The minimum atomic E-state index is -0.675. The smallest absolute Gasteiger partial charge is 0.303 e. The van der Waals surface area contributed by atoms with Crippen LogP contribution in [0.2, 0.25) is 0 Å². The van der Waals surface area contributed by atoms with Gasteiger partial charge in [-0.25, -0.2) is 0 Å². The van der Waals surface area contributed by atoms with Gasteiger partial charge in [0.15, 0.2) is 0 Å². The fraction of sp³-hybridized carbons (Fsp3) is 0.611. The summed E-state index contributed by atoms with van der Waals surface area (Å²) in [5.74, 6) is -0.675. The fourth-order valence-corrected chi connectivity index (χ4v) is 1.90. The molecule has 0 saturated carbocycles. The van der Waals surface area contributed by atoms with E-state index in [4.69, 9.17) is 5.11 Å². The maximum Gasteiger partial charge on any atom is 0.303 e. The Kier molecular flexibility index (Phi) is 26.0. The number of carboxylic acids is 1. The SMILES string of the molecule is CC/C=C\C/C=C\C/C=C\CCCCCCCC(=O)O.II. The summed E-state index contributed by atoms with van der Waals surface area (Å²) in [6.45, 7) is 2.15. The predicted octanol–water partition coefficient (Wildman–Crippen LogP) is 7.43. The minimum Gasteiger partial charge on any atom is -0.481 e. The van der Waals surface area contributed by atoms with E-state index in [1.54, 1.807) is 0 Å². The number of unbranched alkanes of at least 4 members (excludes halogenated alkanes) is 5. The van der Waals surface area contributed by atoms with E-state index in [-0.39, 0.29) is 0 Å². The van der Waals surface area contributed by atoms with Crippen LogP contribution in [0.4, 0.5) is 0 Å². The van der Waals surface area contributed by atoms with Crippen molar-refractivity contribution in [3.8, 4) is 0 Å². The molecule has 0 spiro atoms. The molecule has 0 atom stereocenters. The molecule has 0 amide bonds. The van der Waals surface area contributed by atoms with Crippen LogP contribution in [0.3, 0.4) is 0 Å². The van der Waals surface area contributed by atoms with Gasteiger partial charge < -0.3 is 5.11 Å². The van der Waals surface area contributed by atoms with Gasteiger partial charge in [0.25, 0.3) is 0 Å². The third-order valence-electron chi connectivity index (χ3n) is 3.04. The first kappa shape index (κ1) is 24.4. The van der Waals surface area contributed by atoms with Crippen molar-refractivity contribution in [2.24, 2.45) is 0 Å². The van der Waals surface area contributed by atoms with Crippen LogP contribution in [-0.2, 0) is 4.79 Å². The third-order valence-corrected chi connectivity index (χ3v) is 3.04. The Hall–Kier alpha value is 0.150. The van der Waals surface area contributed by atoms with E-state index < -0.39 is 5.97 Å². The molecule has 0 aliphatic rings. The van der Waals surface area contributed by atoms with Gasteiger partial charge in [-0.15, -0.1) is 0 Å². The normalized spacial score (nSPS) is 11.2.